The number of hydrogen-bond donors (Lipinski definition) is 1. The van der Waals surface area contributed by atoms with Gasteiger partial charge in [-0.3, -0.25) is 9.78 Å². The normalized spacial score (nSPS) is 10.4. The highest BCUT2D eigenvalue weighted by Crippen LogP contribution is 1.99. The summed E-state index contributed by atoms with van der Waals surface area (Å²) >= 11 is 0. The van der Waals surface area contributed by atoms with Crippen molar-refractivity contribution in [2.45, 2.75) is 6.54 Å². The number of aromatic nitrogens is 1. The topological polar surface area (TPSA) is 42.0 Å². The van der Waals surface area contributed by atoms with Crippen LogP contribution >= 0.6 is 0 Å². The largest absolute Gasteiger partial charge is 0.387 e. The van der Waals surface area contributed by atoms with Gasteiger partial charge in [0.25, 0.3) is 0 Å². The average molecular weight is 238 g/mol. The Bertz CT molecular complexity index is 521. The first-order chi connectivity index (χ1) is 8.86. The number of carbonyl (C=O) groups is 1. The second kappa shape index (κ2) is 6.35. The van der Waals surface area contributed by atoms with Crippen molar-refractivity contribution in [1.82, 2.24) is 10.3 Å². The number of hydrogen-bond acceptors (Lipinski definition) is 3. The van der Waals surface area contributed by atoms with Crippen LogP contribution < -0.4 is 5.32 Å². The van der Waals surface area contributed by atoms with Crippen molar-refractivity contribution in [2.75, 3.05) is 0 Å². The summed E-state index contributed by atoms with van der Waals surface area (Å²) in [5.74, 6) is -0.0522. The molecule has 0 aliphatic rings. The second-order valence-electron chi connectivity index (χ2n) is 3.81. The predicted octanol–water partition coefficient (Wildman–Crippen LogP) is 2.57. The van der Waals surface area contributed by atoms with Gasteiger partial charge in [0.15, 0.2) is 5.78 Å². The van der Waals surface area contributed by atoms with E-state index in [1.807, 2.05) is 30.3 Å². The summed E-state index contributed by atoms with van der Waals surface area (Å²) < 4.78 is 0. The maximum Gasteiger partial charge on any atom is 0.188 e. The number of pyridine rings is 1. The number of nitrogens with zero attached hydrogens (tertiary/aromatic N) is 1. The van der Waals surface area contributed by atoms with E-state index in [-0.39, 0.29) is 5.78 Å². The zero-order valence-electron chi connectivity index (χ0n) is 9.91. The summed E-state index contributed by atoms with van der Waals surface area (Å²) in [6, 6.07) is 13.5. The lowest BCUT2D eigenvalue weighted by molar-refractivity contribution is 0.104. The van der Waals surface area contributed by atoms with Gasteiger partial charge in [-0.2, -0.15) is 0 Å². The molecule has 0 saturated heterocycles. The summed E-state index contributed by atoms with van der Waals surface area (Å²) in [6.45, 7) is 0.706. The molecule has 1 aromatic carbocycles. The zero-order valence-corrected chi connectivity index (χ0v) is 9.91. The van der Waals surface area contributed by atoms with E-state index in [2.05, 4.69) is 10.3 Å². The lowest BCUT2D eigenvalue weighted by atomic mass is 10.2. The number of allylic oxidation sites excluding steroid dienone is 1. The molecule has 0 aliphatic heterocycles. The van der Waals surface area contributed by atoms with Crippen LogP contribution in [0.15, 0.2) is 67.1 Å². The number of rotatable bonds is 5. The van der Waals surface area contributed by atoms with Gasteiger partial charge in [0, 0.05) is 36.8 Å². The molecule has 0 fully saturated rings. The molecule has 2 rings (SSSR count). The molecule has 0 unspecified atom stereocenters. The summed E-state index contributed by atoms with van der Waals surface area (Å²) in [6.07, 6.45) is 6.39. The van der Waals surface area contributed by atoms with Crippen LogP contribution in [0.1, 0.15) is 15.9 Å². The van der Waals surface area contributed by atoms with Crippen molar-refractivity contribution in [3.63, 3.8) is 0 Å². The minimum atomic E-state index is -0.0522. The molecule has 1 N–H and O–H groups in total. The van der Waals surface area contributed by atoms with E-state index < -0.39 is 0 Å². The van der Waals surface area contributed by atoms with Crippen LogP contribution in [0.25, 0.3) is 0 Å². The molecule has 0 saturated carbocycles. The van der Waals surface area contributed by atoms with Gasteiger partial charge in [0.2, 0.25) is 0 Å². The SMILES string of the molecule is O=C(C=CNCc1ccccc1)c1cccnc1. The maximum absolute atomic E-state index is 11.7. The van der Waals surface area contributed by atoms with Gasteiger partial charge >= 0.3 is 0 Å². The molecule has 3 nitrogen and oxygen atoms in total. The van der Waals surface area contributed by atoms with E-state index in [1.165, 1.54) is 11.6 Å². The van der Waals surface area contributed by atoms with Crippen LogP contribution in [-0.4, -0.2) is 10.8 Å². The fraction of sp³-hybridized carbons (Fsp3) is 0.0667. The van der Waals surface area contributed by atoms with Gasteiger partial charge in [-0.15, -0.1) is 0 Å². The molecule has 1 heterocycles. The lowest BCUT2D eigenvalue weighted by Crippen LogP contribution is -2.05. The highest BCUT2D eigenvalue weighted by molar-refractivity contribution is 6.04. The van der Waals surface area contributed by atoms with Crippen molar-refractivity contribution in [1.29, 1.82) is 0 Å². The Balaban J connectivity index is 1.84. The molecule has 3 heteroatoms. The third-order valence-electron chi connectivity index (χ3n) is 2.45. The summed E-state index contributed by atoms with van der Waals surface area (Å²) in [7, 11) is 0. The fourth-order valence-corrected chi connectivity index (χ4v) is 1.51. The Hall–Kier alpha value is -2.42. The summed E-state index contributed by atoms with van der Waals surface area (Å²) in [5, 5.41) is 3.08. The molecule has 0 atom stereocenters. The van der Waals surface area contributed by atoms with Crippen LogP contribution in [0.4, 0.5) is 0 Å². The van der Waals surface area contributed by atoms with Gasteiger partial charge in [0.1, 0.15) is 0 Å². The minimum absolute atomic E-state index is 0.0522. The van der Waals surface area contributed by atoms with Crippen LogP contribution in [0.2, 0.25) is 0 Å². The molecular formula is C15H14N2O. The van der Waals surface area contributed by atoms with E-state index in [1.54, 1.807) is 30.7 Å². The van der Waals surface area contributed by atoms with Gasteiger partial charge in [0.05, 0.1) is 0 Å². The van der Waals surface area contributed by atoms with Crippen LogP contribution in [-0.2, 0) is 6.54 Å². The Morgan fingerprint density at radius 3 is 2.72 bits per heavy atom. The molecule has 2 aromatic rings. The molecular weight excluding hydrogens is 224 g/mol. The third-order valence-corrected chi connectivity index (χ3v) is 2.45. The van der Waals surface area contributed by atoms with Crippen molar-refractivity contribution in [3.8, 4) is 0 Å². The minimum Gasteiger partial charge on any atom is -0.387 e. The van der Waals surface area contributed by atoms with Crippen molar-refractivity contribution in [3.05, 3.63) is 78.3 Å². The van der Waals surface area contributed by atoms with Crippen molar-refractivity contribution < 1.29 is 4.79 Å². The number of nitrogens with one attached hydrogen (secondary N) is 1. The summed E-state index contributed by atoms with van der Waals surface area (Å²) in [5.41, 5.74) is 1.77. The molecule has 90 valence electrons. The number of benzene rings is 1. The van der Waals surface area contributed by atoms with Crippen LogP contribution in [0.3, 0.4) is 0 Å². The molecule has 18 heavy (non-hydrogen) atoms. The first kappa shape index (κ1) is 12.0. The maximum atomic E-state index is 11.7. The first-order valence-corrected chi connectivity index (χ1v) is 5.74. The molecule has 0 spiro atoms. The van der Waals surface area contributed by atoms with Gasteiger partial charge in [-0.25, -0.2) is 0 Å². The van der Waals surface area contributed by atoms with E-state index in [0.29, 0.717) is 12.1 Å². The van der Waals surface area contributed by atoms with E-state index in [0.717, 1.165) is 0 Å². The van der Waals surface area contributed by atoms with Gasteiger partial charge < -0.3 is 5.32 Å². The molecule has 0 radical (unpaired) electrons. The molecule has 1 aromatic heterocycles. The molecule has 0 amide bonds. The van der Waals surface area contributed by atoms with E-state index in [9.17, 15) is 4.79 Å². The van der Waals surface area contributed by atoms with E-state index in [4.69, 9.17) is 0 Å². The molecule has 0 aliphatic carbocycles. The van der Waals surface area contributed by atoms with Crippen LogP contribution in [0, 0.1) is 0 Å². The highest BCUT2D eigenvalue weighted by atomic mass is 16.1. The quantitative estimate of drug-likeness (QED) is 0.643. The third kappa shape index (κ3) is 3.56. The molecule has 0 bridgehead atoms. The Kier molecular flexibility index (Phi) is 4.25. The van der Waals surface area contributed by atoms with Crippen molar-refractivity contribution >= 4 is 5.78 Å². The summed E-state index contributed by atoms with van der Waals surface area (Å²) in [4.78, 5) is 15.6. The second-order valence-corrected chi connectivity index (χ2v) is 3.81. The number of ketones is 1. The Labute approximate surface area is 106 Å². The van der Waals surface area contributed by atoms with Crippen molar-refractivity contribution in [2.24, 2.45) is 0 Å². The standard InChI is InChI=1S/C15H14N2O/c18-15(14-7-4-9-16-12-14)8-10-17-11-13-5-2-1-3-6-13/h1-10,12,17H,11H2. The highest BCUT2D eigenvalue weighted by Gasteiger charge is 1.99. The lowest BCUT2D eigenvalue weighted by Gasteiger charge is -2.00. The Morgan fingerprint density at radius 1 is 1.17 bits per heavy atom. The predicted molar refractivity (Wildman–Crippen MR) is 71.0 cm³/mol. The number of carbonyl (C=O) groups excluding carboxylic acids is 1. The van der Waals surface area contributed by atoms with Gasteiger partial charge in [-0.1, -0.05) is 30.3 Å². The van der Waals surface area contributed by atoms with E-state index >= 15 is 0 Å². The zero-order chi connectivity index (χ0) is 12.6. The Morgan fingerprint density at radius 2 is 2.00 bits per heavy atom. The van der Waals surface area contributed by atoms with Crippen LogP contribution in [0.5, 0.6) is 0 Å². The fourth-order valence-electron chi connectivity index (χ4n) is 1.51. The monoisotopic (exact) mass is 238 g/mol. The smallest absolute Gasteiger partial charge is 0.188 e. The van der Waals surface area contributed by atoms with Gasteiger partial charge in [-0.05, 0) is 17.7 Å². The first-order valence-electron chi connectivity index (χ1n) is 5.74. The average Bonchev–Trinajstić information content (AvgIpc) is 2.45.